The van der Waals surface area contributed by atoms with Gasteiger partial charge in [-0.1, -0.05) is 11.6 Å². The van der Waals surface area contributed by atoms with Crippen LogP contribution in [0, 0.1) is 0 Å². The van der Waals surface area contributed by atoms with Crippen molar-refractivity contribution in [3.63, 3.8) is 0 Å². The molecule has 1 aromatic heterocycles. The summed E-state index contributed by atoms with van der Waals surface area (Å²) < 4.78 is 5.87. The lowest BCUT2D eigenvalue weighted by Crippen LogP contribution is -2.06. The summed E-state index contributed by atoms with van der Waals surface area (Å²) in [6, 6.07) is 7.56. The van der Waals surface area contributed by atoms with Crippen molar-refractivity contribution in [3.8, 4) is 11.5 Å². The maximum Gasteiger partial charge on any atom is 0.134 e. The Morgan fingerprint density at radius 3 is 2.89 bits per heavy atom. The largest absolute Gasteiger partial charge is 0.457 e. The number of hydrogen-bond acceptors (Lipinski definition) is 4. The summed E-state index contributed by atoms with van der Waals surface area (Å²) in [5, 5.41) is 3.79. The Balaban J connectivity index is 2.23. The summed E-state index contributed by atoms with van der Waals surface area (Å²) in [5.74, 6) is 1.52. The molecule has 0 spiro atoms. The van der Waals surface area contributed by atoms with Crippen molar-refractivity contribution < 1.29 is 4.74 Å². The van der Waals surface area contributed by atoms with Crippen molar-refractivity contribution >= 4 is 23.4 Å². The van der Waals surface area contributed by atoms with Crippen LogP contribution in [-0.4, -0.2) is 18.3 Å². The Morgan fingerprint density at radius 2 is 2.21 bits per heavy atom. The highest BCUT2D eigenvalue weighted by Crippen LogP contribution is 2.32. The van der Waals surface area contributed by atoms with Gasteiger partial charge < -0.3 is 10.1 Å². The summed E-state index contributed by atoms with van der Waals surface area (Å²) in [6.07, 6.45) is 5.51. The lowest BCUT2D eigenvalue weighted by Gasteiger charge is -2.11. The van der Waals surface area contributed by atoms with Crippen molar-refractivity contribution in [1.82, 2.24) is 10.3 Å². The zero-order valence-corrected chi connectivity index (χ0v) is 12.4. The average molecular weight is 295 g/mol. The number of nitrogens with zero attached hydrogens (tertiary/aromatic N) is 1. The average Bonchev–Trinajstić information content (AvgIpc) is 2.41. The van der Waals surface area contributed by atoms with Gasteiger partial charge in [0, 0.05) is 35.5 Å². The SMILES string of the molecule is CNCc1cnccc1Oc1ccc(SC)c(Cl)c1. The van der Waals surface area contributed by atoms with Crippen LogP contribution < -0.4 is 10.1 Å². The number of rotatable bonds is 5. The van der Waals surface area contributed by atoms with E-state index in [1.54, 1.807) is 24.2 Å². The molecular weight excluding hydrogens is 280 g/mol. The molecule has 0 aliphatic heterocycles. The molecule has 2 rings (SSSR count). The number of aromatic nitrogens is 1. The number of thioether (sulfide) groups is 1. The van der Waals surface area contributed by atoms with Crippen molar-refractivity contribution in [2.45, 2.75) is 11.4 Å². The number of ether oxygens (including phenoxy) is 1. The lowest BCUT2D eigenvalue weighted by atomic mass is 10.2. The van der Waals surface area contributed by atoms with E-state index in [1.165, 1.54) is 0 Å². The molecule has 0 saturated carbocycles. The van der Waals surface area contributed by atoms with Gasteiger partial charge in [-0.2, -0.15) is 0 Å². The molecule has 3 nitrogen and oxygen atoms in total. The van der Waals surface area contributed by atoms with E-state index in [1.807, 2.05) is 37.6 Å². The van der Waals surface area contributed by atoms with Crippen LogP contribution in [-0.2, 0) is 6.54 Å². The Labute approximate surface area is 122 Å². The van der Waals surface area contributed by atoms with Gasteiger partial charge in [-0.3, -0.25) is 4.98 Å². The topological polar surface area (TPSA) is 34.2 Å². The van der Waals surface area contributed by atoms with Crippen molar-refractivity contribution in [2.24, 2.45) is 0 Å². The van der Waals surface area contributed by atoms with Crippen LogP contribution in [0.25, 0.3) is 0 Å². The van der Waals surface area contributed by atoms with Crippen LogP contribution in [0.5, 0.6) is 11.5 Å². The molecule has 0 unspecified atom stereocenters. The van der Waals surface area contributed by atoms with Crippen molar-refractivity contribution in [3.05, 3.63) is 47.2 Å². The number of halogens is 1. The molecule has 19 heavy (non-hydrogen) atoms. The van der Waals surface area contributed by atoms with E-state index < -0.39 is 0 Å². The van der Waals surface area contributed by atoms with Gasteiger partial charge in [0.25, 0.3) is 0 Å². The molecule has 0 saturated heterocycles. The molecule has 5 heteroatoms. The van der Waals surface area contributed by atoms with Crippen LogP contribution >= 0.6 is 23.4 Å². The molecule has 0 bridgehead atoms. The van der Waals surface area contributed by atoms with Crippen molar-refractivity contribution in [1.29, 1.82) is 0 Å². The van der Waals surface area contributed by atoms with Crippen LogP contribution in [0.1, 0.15) is 5.56 Å². The Morgan fingerprint density at radius 1 is 1.37 bits per heavy atom. The number of benzene rings is 1. The van der Waals surface area contributed by atoms with Gasteiger partial charge in [0.15, 0.2) is 0 Å². The smallest absolute Gasteiger partial charge is 0.134 e. The Hall–Kier alpha value is -1.23. The van der Waals surface area contributed by atoms with Crippen LogP contribution in [0.3, 0.4) is 0 Å². The molecular formula is C14H15ClN2OS. The minimum absolute atomic E-state index is 0.703. The summed E-state index contributed by atoms with van der Waals surface area (Å²) in [4.78, 5) is 5.14. The summed E-state index contributed by atoms with van der Waals surface area (Å²) in [6.45, 7) is 0.708. The van der Waals surface area contributed by atoms with Crippen LogP contribution in [0.15, 0.2) is 41.6 Å². The fourth-order valence-electron chi connectivity index (χ4n) is 1.67. The van der Waals surface area contributed by atoms with Gasteiger partial charge >= 0.3 is 0 Å². The quantitative estimate of drug-likeness (QED) is 0.846. The molecule has 1 heterocycles. The Kier molecular flexibility index (Phi) is 5.07. The highest BCUT2D eigenvalue weighted by atomic mass is 35.5. The summed E-state index contributed by atoms with van der Waals surface area (Å²) in [5.41, 5.74) is 1.01. The van der Waals surface area contributed by atoms with E-state index in [4.69, 9.17) is 16.3 Å². The summed E-state index contributed by atoms with van der Waals surface area (Å²) in [7, 11) is 1.89. The monoisotopic (exact) mass is 294 g/mol. The lowest BCUT2D eigenvalue weighted by molar-refractivity contribution is 0.473. The van der Waals surface area contributed by atoms with E-state index in [0.717, 1.165) is 22.0 Å². The minimum Gasteiger partial charge on any atom is -0.457 e. The molecule has 0 aliphatic rings. The first-order chi connectivity index (χ1) is 9.24. The van der Waals surface area contributed by atoms with Gasteiger partial charge in [-0.15, -0.1) is 11.8 Å². The first kappa shape index (κ1) is 14.2. The molecule has 100 valence electrons. The van der Waals surface area contributed by atoms with Gasteiger partial charge in [0.05, 0.1) is 5.02 Å². The van der Waals surface area contributed by atoms with E-state index in [9.17, 15) is 0 Å². The second-order valence-corrected chi connectivity index (χ2v) is 5.17. The zero-order chi connectivity index (χ0) is 13.7. The fourth-order valence-corrected chi connectivity index (χ4v) is 2.53. The molecule has 1 aromatic carbocycles. The van der Waals surface area contributed by atoms with E-state index in [0.29, 0.717) is 11.6 Å². The predicted molar refractivity (Wildman–Crippen MR) is 80.3 cm³/mol. The fraction of sp³-hybridized carbons (Fsp3) is 0.214. The molecule has 0 fully saturated rings. The van der Waals surface area contributed by atoms with Crippen molar-refractivity contribution in [2.75, 3.05) is 13.3 Å². The number of pyridine rings is 1. The zero-order valence-electron chi connectivity index (χ0n) is 10.8. The standard InChI is InChI=1S/C14H15ClN2OS/c1-16-8-10-9-17-6-5-13(10)18-11-3-4-14(19-2)12(15)7-11/h3-7,9,16H,8H2,1-2H3. The van der Waals surface area contributed by atoms with E-state index in [-0.39, 0.29) is 0 Å². The normalized spacial score (nSPS) is 10.5. The Bertz CT molecular complexity index is 563. The molecule has 1 N–H and O–H groups in total. The highest BCUT2D eigenvalue weighted by molar-refractivity contribution is 7.98. The third-order valence-corrected chi connectivity index (χ3v) is 3.80. The second-order valence-electron chi connectivity index (χ2n) is 3.91. The highest BCUT2D eigenvalue weighted by Gasteiger charge is 2.06. The third kappa shape index (κ3) is 3.62. The molecule has 2 aromatic rings. The maximum atomic E-state index is 6.17. The van der Waals surface area contributed by atoms with Gasteiger partial charge in [-0.25, -0.2) is 0 Å². The van der Waals surface area contributed by atoms with Crippen LogP contribution in [0.4, 0.5) is 0 Å². The predicted octanol–water partition coefficient (Wildman–Crippen LogP) is 3.97. The third-order valence-electron chi connectivity index (χ3n) is 2.58. The van der Waals surface area contributed by atoms with Gasteiger partial charge in [0.1, 0.15) is 11.5 Å². The van der Waals surface area contributed by atoms with E-state index in [2.05, 4.69) is 10.3 Å². The van der Waals surface area contributed by atoms with Gasteiger partial charge in [-0.05, 0) is 31.5 Å². The molecule has 0 radical (unpaired) electrons. The minimum atomic E-state index is 0.703. The molecule has 0 amide bonds. The maximum absolute atomic E-state index is 6.17. The first-order valence-electron chi connectivity index (χ1n) is 5.83. The van der Waals surface area contributed by atoms with E-state index >= 15 is 0 Å². The number of nitrogens with one attached hydrogen (secondary N) is 1. The number of hydrogen-bond donors (Lipinski definition) is 1. The summed E-state index contributed by atoms with van der Waals surface area (Å²) >= 11 is 7.79. The van der Waals surface area contributed by atoms with Crippen LogP contribution in [0.2, 0.25) is 5.02 Å². The van der Waals surface area contributed by atoms with Gasteiger partial charge in [0.2, 0.25) is 0 Å². The second kappa shape index (κ2) is 6.80. The molecule has 0 aliphatic carbocycles. The molecule has 0 atom stereocenters. The first-order valence-corrected chi connectivity index (χ1v) is 7.43.